The summed E-state index contributed by atoms with van der Waals surface area (Å²) in [6, 6.07) is 15.2. The standard InChI is InChI=1S/C20H25N3/c1-4-20-18(13-21-23(20)5-2)15-22(3)14-17-11-8-10-16-9-6-7-12-19(16)17/h6-13H,4-5,14-15H2,1-3H3. The van der Waals surface area contributed by atoms with Crippen LogP contribution in [0.15, 0.2) is 48.7 Å². The molecule has 0 aliphatic rings. The summed E-state index contributed by atoms with van der Waals surface area (Å²) in [6.07, 6.45) is 3.06. The topological polar surface area (TPSA) is 21.1 Å². The molecule has 3 aromatic rings. The van der Waals surface area contributed by atoms with Crippen molar-refractivity contribution in [1.82, 2.24) is 14.7 Å². The van der Waals surface area contributed by atoms with Crippen LogP contribution < -0.4 is 0 Å². The maximum Gasteiger partial charge on any atom is 0.0537 e. The van der Waals surface area contributed by atoms with E-state index in [-0.39, 0.29) is 0 Å². The number of aryl methyl sites for hydroxylation is 1. The zero-order valence-electron chi connectivity index (χ0n) is 14.3. The minimum absolute atomic E-state index is 0.937. The summed E-state index contributed by atoms with van der Waals surface area (Å²) in [5.74, 6) is 0. The molecule has 0 amide bonds. The molecule has 1 aromatic heterocycles. The molecule has 0 atom stereocenters. The van der Waals surface area contributed by atoms with Gasteiger partial charge in [0, 0.05) is 30.9 Å². The maximum absolute atomic E-state index is 4.51. The van der Waals surface area contributed by atoms with E-state index in [0.29, 0.717) is 0 Å². The third kappa shape index (κ3) is 3.30. The molecule has 3 rings (SSSR count). The van der Waals surface area contributed by atoms with Crippen molar-refractivity contribution >= 4 is 10.8 Å². The van der Waals surface area contributed by atoms with Gasteiger partial charge < -0.3 is 0 Å². The van der Waals surface area contributed by atoms with Gasteiger partial charge in [-0.05, 0) is 36.7 Å². The van der Waals surface area contributed by atoms with Crippen LogP contribution in [0.25, 0.3) is 10.8 Å². The molecule has 0 spiro atoms. The number of hydrogen-bond acceptors (Lipinski definition) is 2. The molecule has 2 aromatic carbocycles. The minimum atomic E-state index is 0.937. The van der Waals surface area contributed by atoms with E-state index >= 15 is 0 Å². The fraction of sp³-hybridized carbons (Fsp3) is 0.350. The highest BCUT2D eigenvalue weighted by molar-refractivity contribution is 5.85. The van der Waals surface area contributed by atoms with Gasteiger partial charge in [-0.3, -0.25) is 9.58 Å². The van der Waals surface area contributed by atoms with Gasteiger partial charge in [0.2, 0.25) is 0 Å². The molecular weight excluding hydrogens is 282 g/mol. The minimum Gasteiger partial charge on any atom is -0.298 e. The van der Waals surface area contributed by atoms with E-state index in [1.807, 2.05) is 6.20 Å². The predicted molar refractivity (Wildman–Crippen MR) is 96.4 cm³/mol. The molecule has 0 fully saturated rings. The number of rotatable bonds is 6. The Bertz CT molecular complexity index is 783. The highest BCUT2D eigenvalue weighted by atomic mass is 15.3. The van der Waals surface area contributed by atoms with Crippen molar-refractivity contribution in [2.45, 2.75) is 39.9 Å². The first-order chi connectivity index (χ1) is 11.2. The van der Waals surface area contributed by atoms with Gasteiger partial charge in [0.1, 0.15) is 0 Å². The van der Waals surface area contributed by atoms with Gasteiger partial charge in [0.05, 0.1) is 6.20 Å². The van der Waals surface area contributed by atoms with Crippen molar-refractivity contribution < 1.29 is 0 Å². The van der Waals surface area contributed by atoms with Gasteiger partial charge in [-0.25, -0.2) is 0 Å². The molecule has 0 saturated carbocycles. The first kappa shape index (κ1) is 15.8. The molecule has 120 valence electrons. The Hall–Kier alpha value is -2.13. The van der Waals surface area contributed by atoms with Crippen molar-refractivity contribution in [1.29, 1.82) is 0 Å². The summed E-state index contributed by atoms with van der Waals surface area (Å²) in [5.41, 5.74) is 4.08. The summed E-state index contributed by atoms with van der Waals surface area (Å²) in [5, 5.41) is 7.17. The molecule has 0 radical (unpaired) electrons. The Morgan fingerprint density at radius 2 is 1.70 bits per heavy atom. The number of aromatic nitrogens is 2. The van der Waals surface area contributed by atoms with Crippen LogP contribution in [-0.2, 0) is 26.1 Å². The number of fused-ring (bicyclic) bond motifs is 1. The van der Waals surface area contributed by atoms with Gasteiger partial charge in [-0.1, -0.05) is 49.4 Å². The second-order valence-corrected chi connectivity index (χ2v) is 6.10. The predicted octanol–water partition coefficient (Wildman–Crippen LogP) is 4.25. The highest BCUT2D eigenvalue weighted by Crippen LogP contribution is 2.21. The molecule has 23 heavy (non-hydrogen) atoms. The van der Waals surface area contributed by atoms with Crippen molar-refractivity contribution in [3.8, 4) is 0 Å². The second-order valence-electron chi connectivity index (χ2n) is 6.10. The van der Waals surface area contributed by atoms with Gasteiger partial charge in [-0.15, -0.1) is 0 Å². The van der Waals surface area contributed by atoms with E-state index < -0.39 is 0 Å². The Labute approximate surface area is 138 Å². The molecular formula is C20H25N3. The Morgan fingerprint density at radius 1 is 0.957 bits per heavy atom. The van der Waals surface area contributed by atoms with E-state index in [9.17, 15) is 0 Å². The fourth-order valence-corrected chi connectivity index (χ4v) is 3.33. The number of hydrogen-bond donors (Lipinski definition) is 0. The van der Waals surface area contributed by atoms with Crippen LogP contribution >= 0.6 is 0 Å². The first-order valence-electron chi connectivity index (χ1n) is 8.41. The van der Waals surface area contributed by atoms with Crippen molar-refractivity contribution in [2.75, 3.05) is 7.05 Å². The summed E-state index contributed by atoms with van der Waals surface area (Å²) in [6.45, 7) is 7.18. The van der Waals surface area contributed by atoms with Crippen LogP contribution in [0, 0.1) is 0 Å². The Kier molecular flexibility index (Phi) is 4.77. The zero-order valence-corrected chi connectivity index (χ0v) is 14.3. The third-order valence-corrected chi connectivity index (χ3v) is 4.43. The number of nitrogens with zero attached hydrogens (tertiary/aromatic N) is 3. The normalized spacial score (nSPS) is 11.5. The van der Waals surface area contributed by atoms with E-state index in [2.05, 4.69) is 78.0 Å². The Balaban J connectivity index is 1.79. The molecule has 1 heterocycles. The molecule has 0 unspecified atom stereocenters. The van der Waals surface area contributed by atoms with Gasteiger partial charge >= 0.3 is 0 Å². The van der Waals surface area contributed by atoms with Crippen LogP contribution in [0.1, 0.15) is 30.7 Å². The summed E-state index contributed by atoms with van der Waals surface area (Å²) in [7, 11) is 2.19. The summed E-state index contributed by atoms with van der Waals surface area (Å²) >= 11 is 0. The van der Waals surface area contributed by atoms with E-state index in [0.717, 1.165) is 26.1 Å². The monoisotopic (exact) mass is 307 g/mol. The molecule has 3 nitrogen and oxygen atoms in total. The lowest BCUT2D eigenvalue weighted by atomic mass is 10.0. The molecule has 0 aliphatic heterocycles. The summed E-state index contributed by atoms with van der Waals surface area (Å²) in [4.78, 5) is 2.37. The van der Waals surface area contributed by atoms with Crippen molar-refractivity contribution in [3.05, 3.63) is 65.5 Å². The van der Waals surface area contributed by atoms with Crippen molar-refractivity contribution in [2.24, 2.45) is 0 Å². The molecule has 0 saturated heterocycles. The maximum atomic E-state index is 4.51. The lowest BCUT2D eigenvalue weighted by Gasteiger charge is -2.18. The zero-order chi connectivity index (χ0) is 16.2. The lowest BCUT2D eigenvalue weighted by Crippen LogP contribution is -2.18. The molecule has 0 aliphatic carbocycles. The van der Waals surface area contributed by atoms with Crippen LogP contribution in [0.5, 0.6) is 0 Å². The first-order valence-corrected chi connectivity index (χ1v) is 8.41. The average Bonchev–Trinajstić information content (AvgIpc) is 2.96. The quantitative estimate of drug-likeness (QED) is 0.679. The average molecular weight is 307 g/mol. The van der Waals surface area contributed by atoms with Gasteiger partial charge in [0.15, 0.2) is 0 Å². The van der Waals surface area contributed by atoms with Crippen LogP contribution in [0.2, 0.25) is 0 Å². The van der Waals surface area contributed by atoms with Gasteiger partial charge in [0.25, 0.3) is 0 Å². The van der Waals surface area contributed by atoms with Crippen LogP contribution in [-0.4, -0.2) is 21.7 Å². The largest absolute Gasteiger partial charge is 0.298 e. The smallest absolute Gasteiger partial charge is 0.0537 e. The Morgan fingerprint density at radius 3 is 2.48 bits per heavy atom. The lowest BCUT2D eigenvalue weighted by molar-refractivity contribution is 0.319. The van der Waals surface area contributed by atoms with Crippen LogP contribution in [0.3, 0.4) is 0 Å². The fourth-order valence-electron chi connectivity index (χ4n) is 3.33. The van der Waals surface area contributed by atoms with Crippen molar-refractivity contribution in [3.63, 3.8) is 0 Å². The van der Waals surface area contributed by atoms with E-state index in [4.69, 9.17) is 0 Å². The molecule has 0 N–H and O–H groups in total. The highest BCUT2D eigenvalue weighted by Gasteiger charge is 2.11. The number of benzene rings is 2. The molecule has 3 heteroatoms. The van der Waals surface area contributed by atoms with E-state index in [1.165, 1.54) is 27.6 Å². The van der Waals surface area contributed by atoms with Gasteiger partial charge in [-0.2, -0.15) is 5.10 Å². The van der Waals surface area contributed by atoms with Crippen LogP contribution in [0.4, 0.5) is 0 Å². The summed E-state index contributed by atoms with van der Waals surface area (Å²) < 4.78 is 2.11. The third-order valence-electron chi connectivity index (χ3n) is 4.43. The SMILES string of the molecule is CCc1c(CN(C)Cc2cccc3ccccc23)cnn1CC. The molecule has 0 bridgehead atoms. The van der Waals surface area contributed by atoms with E-state index in [1.54, 1.807) is 0 Å². The second kappa shape index (κ2) is 6.97.